The monoisotopic (exact) mass is 370 g/mol. The molecule has 2 amide bonds. The minimum atomic E-state index is -0.486. The van der Waals surface area contributed by atoms with Crippen LogP contribution in [-0.4, -0.2) is 29.8 Å². The average molecular weight is 370 g/mol. The summed E-state index contributed by atoms with van der Waals surface area (Å²) >= 11 is 0. The van der Waals surface area contributed by atoms with Crippen molar-refractivity contribution in [3.05, 3.63) is 63.7 Å². The molecule has 0 aliphatic heterocycles. The molecule has 0 unspecified atom stereocenters. The second kappa shape index (κ2) is 9.33. The van der Waals surface area contributed by atoms with Gasteiger partial charge in [0.1, 0.15) is 5.69 Å². The van der Waals surface area contributed by atoms with E-state index in [0.717, 1.165) is 16.8 Å². The topological polar surface area (TPSA) is 113 Å². The Morgan fingerprint density at radius 2 is 1.67 bits per heavy atom. The summed E-state index contributed by atoms with van der Waals surface area (Å²) in [7, 11) is 0. The van der Waals surface area contributed by atoms with Gasteiger partial charge in [0.25, 0.3) is 5.69 Å². The zero-order chi connectivity index (χ0) is 19.8. The number of amides is 2. The Kier molecular flexibility index (Phi) is 6.87. The third kappa shape index (κ3) is 5.81. The van der Waals surface area contributed by atoms with Gasteiger partial charge in [-0.1, -0.05) is 30.3 Å². The minimum Gasteiger partial charge on any atom is -0.379 e. The van der Waals surface area contributed by atoms with Gasteiger partial charge in [0.2, 0.25) is 11.8 Å². The summed E-state index contributed by atoms with van der Waals surface area (Å²) in [5.41, 5.74) is 2.94. The van der Waals surface area contributed by atoms with Crippen molar-refractivity contribution >= 4 is 28.9 Å². The van der Waals surface area contributed by atoms with E-state index in [4.69, 9.17) is 0 Å². The highest BCUT2D eigenvalue weighted by molar-refractivity contribution is 5.95. The molecule has 0 atom stereocenters. The van der Waals surface area contributed by atoms with E-state index in [1.54, 1.807) is 18.2 Å². The molecule has 0 saturated heterocycles. The molecule has 0 aliphatic rings. The van der Waals surface area contributed by atoms with Crippen molar-refractivity contribution in [2.75, 3.05) is 23.7 Å². The van der Waals surface area contributed by atoms with Crippen molar-refractivity contribution in [3.8, 4) is 0 Å². The van der Waals surface area contributed by atoms with Crippen LogP contribution in [0.25, 0.3) is 0 Å². The molecule has 0 spiro atoms. The number of nitrogens with one attached hydrogen (secondary N) is 3. The fourth-order valence-corrected chi connectivity index (χ4v) is 2.56. The SMILES string of the molecule is Cc1cccc(C)c1NC(=O)CNC(=O)CCNc1ccccc1[N+](=O)[O-]. The Labute approximate surface area is 157 Å². The third-order valence-corrected chi connectivity index (χ3v) is 3.96. The van der Waals surface area contributed by atoms with Gasteiger partial charge in [0, 0.05) is 24.7 Å². The smallest absolute Gasteiger partial charge is 0.292 e. The first-order chi connectivity index (χ1) is 12.9. The Hall–Kier alpha value is -3.42. The molecule has 2 aromatic carbocycles. The van der Waals surface area contributed by atoms with Crippen LogP contribution in [0.5, 0.6) is 0 Å². The number of nitro benzene ring substituents is 1. The van der Waals surface area contributed by atoms with Crippen molar-refractivity contribution < 1.29 is 14.5 Å². The summed E-state index contributed by atoms with van der Waals surface area (Å²) in [6.45, 7) is 3.87. The van der Waals surface area contributed by atoms with Gasteiger partial charge >= 0.3 is 0 Å². The van der Waals surface area contributed by atoms with Crippen LogP contribution in [0.3, 0.4) is 0 Å². The van der Waals surface area contributed by atoms with Crippen molar-refractivity contribution in [1.29, 1.82) is 0 Å². The van der Waals surface area contributed by atoms with Gasteiger partial charge in [-0.05, 0) is 31.0 Å². The molecule has 0 aromatic heterocycles. The molecule has 8 nitrogen and oxygen atoms in total. The molecule has 0 fully saturated rings. The lowest BCUT2D eigenvalue weighted by Crippen LogP contribution is -2.34. The molecule has 2 aromatic rings. The zero-order valence-corrected chi connectivity index (χ0v) is 15.2. The highest BCUT2D eigenvalue weighted by Crippen LogP contribution is 2.23. The summed E-state index contributed by atoms with van der Waals surface area (Å²) in [4.78, 5) is 34.3. The number of rotatable bonds is 8. The first-order valence-corrected chi connectivity index (χ1v) is 8.48. The van der Waals surface area contributed by atoms with Crippen LogP contribution in [0.15, 0.2) is 42.5 Å². The van der Waals surface area contributed by atoms with Gasteiger partial charge in [0.15, 0.2) is 0 Å². The van der Waals surface area contributed by atoms with Crippen molar-refractivity contribution in [2.24, 2.45) is 0 Å². The van der Waals surface area contributed by atoms with Crippen LogP contribution in [0, 0.1) is 24.0 Å². The highest BCUT2D eigenvalue weighted by atomic mass is 16.6. The summed E-state index contributed by atoms with van der Waals surface area (Å²) < 4.78 is 0. The van der Waals surface area contributed by atoms with E-state index < -0.39 is 4.92 Å². The predicted molar refractivity (Wildman–Crippen MR) is 104 cm³/mol. The van der Waals surface area contributed by atoms with Crippen LogP contribution in [0.2, 0.25) is 0 Å². The molecular weight excluding hydrogens is 348 g/mol. The van der Waals surface area contributed by atoms with Crippen molar-refractivity contribution in [1.82, 2.24) is 5.32 Å². The fourth-order valence-electron chi connectivity index (χ4n) is 2.56. The zero-order valence-electron chi connectivity index (χ0n) is 15.2. The Balaban J connectivity index is 1.77. The van der Waals surface area contributed by atoms with E-state index in [-0.39, 0.29) is 37.0 Å². The molecule has 0 heterocycles. The second-order valence-corrected chi connectivity index (χ2v) is 6.04. The number of nitro groups is 1. The standard InChI is InChI=1S/C19H22N4O4/c1-13-6-5-7-14(2)19(13)22-18(25)12-21-17(24)10-11-20-15-8-3-4-9-16(15)23(26)27/h3-9,20H,10-12H2,1-2H3,(H,21,24)(H,22,25). The summed E-state index contributed by atoms with van der Waals surface area (Å²) in [5, 5.41) is 19.1. The summed E-state index contributed by atoms with van der Waals surface area (Å²) in [5.74, 6) is -0.634. The maximum atomic E-state index is 12.0. The van der Waals surface area contributed by atoms with E-state index in [9.17, 15) is 19.7 Å². The maximum absolute atomic E-state index is 12.0. The molecule has 8 heteroatoms. The predicted octanol–water partition coefficient (Wildman–Crippen LogP) is 2.77. The average Bonchev–Trinajstić information content (AvgIpc) is 2.63. The highest BCUT2D eigenvalue weighted by Gasteiger charge is 2.12. The number of hydrogen-bond donors (Lipinski definition) is 3. The number of carbonyl (C=O) groups excluding carboxylic acids is 2. The van der Waals surface area contributed by atoms with Crippen LogP contribution >= 0.6 is 0 Å². The Morgan fingerprint density at radius 1 is 1.00 bits per heavy atom. The molecule has 0 saturated carbocycles. The number of aryl methyl sites for hydroxylation is 2. The number of nitrogens with zero attached hydrogens (tertiary/aromatic N) is 1. The molecule has 0 aliphatic carbocycles. The van der Waals surface area contributed by atoms with Gasteiger partial charge in [-0.15, -0.1) is 0 Å². The Morgan fingerprint density at radius 3 is 2.33 bits per heavy atom. The lowest BCUT2D eigenvalue weighted by Gasteiger charge is -2.12. The number of para-hydroxylation sites is 3. The van der Waals surface area contributed by atoms with E-state index in [1.165, 1.54) is 6.07 Å². The molecular formula is C19H22N4O4. The van der Waals surface area contributed by atoms with E-state index in [2.05, 4.69) is 16.0 Å². The number of anilines is 2. The molecule has 2 rings (SSSR count). The Bertz CT molecular complexity index is 831. The maximum Gasteiger partial charge on any atom is 0.292 e. The van der Waals surface area contributed by atoms with Crippen LogP contribution in [0.4, 0.5) is 17.1 Å². The third-order valence-electron chi connectivity index (χ3n) is 3.96. The normalized spacial score (nSPS) is 10.1. The van der Waals surface area contributed by atoms with E-state index >= 15 is 0 Å². The molecule has 3 N–H and O–H groups in total. The molecule has 0 radical (unpaired) electrons. The van der Waals surface area contributed by atoms with Gasteiger partial charge in [-0.3, -0.25) is 19.7 Å². The van der Waals surface area contributed by atoms with Crippen molar-refractivity contribution in [2.45, 2.75) is 20.3 Å². The van der Waals surface area contributed by atoms with Crippen LogP contribution in [0.1, 0.15) is 17.5 Å². The van der Waals surface area contributed by atoms with E-state index in [1.807, 2.05) is 32.0 Å². The number of carbonyl (C=O) groups is 2. The number of benzene rings is 2. The summed E-state index contributed by atoms with van der Waals surface area (Å²) in [6.07, 6.45) is 0.0860. The van der Waals surface area contributed by atoms with Gasteiger partial charge in [0.05, 0.1) is 11.5 Å². The van der Waals surface area contributed by atoms with Gasteiger partial charge < -0.3 is 16.0 Å². The minimum absolute atomic E-state index is 0.0501. The van der Waals surface area contributed by atoms with Gasteiger partial charge in [-0.2, -0.15) is 0 Å². The molecule has 27 heavy (non-hydrogen) atoms. The van der Waals surface area contributed by atoms with Gasteiger partial charge in [-0.25, -0.2) is 0 Å². The lowest BCUT2D eigenvalue weighted by atomic mass is 10.1. The van der Waals surface area contributed by atoms with Crippen LogP contribution < -0.4 is 16.0 Å². The fraction of sp³-hybridized carbons (Fsp3) is 0.263. The van der Waals surface area contributed by atoms with E-state index in [0.29, 0.717) is 5.69 Å². The first-order valence-electron chi connectivity index (χ1n) is 8.48. The number of hydrogen-bond acceptors (Lipinski definition) is 5. The second-order valence-electron chi connectivity index (χ2n) is 6.04. The largest absolute Gasteiger partial charge is 0.379 e. The van der Waals surface area contributed by atoms with Crippen LogP contribution in [-0.2, 0) is 9.59 Å². The molecule has 142 valence electrons. The molecule has 0 bridgehead atoms. The first kappa shape index (κ1) is 19.9. The van der Waals surface area contributed by atoms with Crippen molar-refractivity contribution in [3.63, 3.8) is 0 Å². The lowest BCUT2D eigenvalue weighted by molar-refractivity contribution is -0.384. The summed E-state index contributed by atoms with van der Waals surface area (Å²) in [6, 6.07) is 11.9. The quantitative estimate of drug-likeness (QED) is 0.488.